The summed E-state index contributed by atoms with van der Waals surface area (Å²) in [5.41, 5.74) is 8.36. The number of anilines is 4. The first-order valence-electron chi connectivity index (χ1n) is 9.38. The molecule has 4 N–H and O–H groups in total. The highest BCUT2D eigenvalue weighted by Crippen LogP contribution is 2.48. The molecule has 3 aliphatic rings. The van der Waals surface area contributed by atoms with Crippen molar-refractivity contribution in [3.05, 3.63) is 29.6 Å². The van der Waals surface area contributed by atoms with Gasteiger partial charge in [-0.3, -0.25) is 4.79 Å². The number of amides is 1. The van der Waals surface area contributed by atoms with Crippen molar-refractivity contribution in [3.8, 4) is 0 Å². The van der Waals surface area contributed by atoms with Gasteiger partial charge in [0, 0.05) is 17.3 Å². The molecule has 7 nitrogen and oxygen atoms in total. The summed E-state index contributed by atoms with van der Waals surface area (Å²) in [7, 11) is 0. The van der Waals surface area contributed by atoms with E-state index in [4.69, 9.17) is 5.73 Å². The van der Waals surface area contributed by atoms with Crippen molar-refractivity contribution < 1.29 is 4.79 Å². The Morgan fingerprint density at radius 3 is 2.69 bits per heavy atom. The number of rotatable bonds is 3. The average molecular weight is 350 g/mol. The van der Waals surface area contributed by atoms with Gasteiger partial charge in [-0.15, -0.1) is 0 Å². The number of nitrogens with one attached hydrogen (secondary N) is 2. The summed E-state index contributed by atoms with van der Waals surface area (Å²) in [4.78, 5) is 25.6. The fourth-order valence-corrected chi connectivity index (χ4v) is 4.26. The molecule has 5 rings (SSSR count). The fraction of sp³-hybridized carbons (Fsp3) is 0.474. The summed E-state index contributed by atoms with van der Waals surface area (Å²) in [6.07, 6.45) is 7.45. The lowest BCUT2D eigenvalue weighted by Gasteiger charge is -2.31. The molecule has 1 spiro atoms. The predicted molar refractivity (Wildman–Crippen MR) is 99.3 cm³/mol. The minimum absolute atomic E-state index is 0.143. The van der Waals surface area contributed by atoms with E-state index in [1.165, 1.54) is 6.42 Å². The highest BCUT2D eigenvalue weighted by atomic mass is 16.2. The summed E-state index contributed by atoms with van der Waals surface area (Å²) in [6, 6.07) is 5.97. The van der Waals surface area contributed by atoms with Gasteiger partial charge in [0.05, 0.1) is 5.41 Å². The maximum atomic E-state index is 12.7. The third kappa shape index (κ3) is 2.50. The Hall–Kier alpha value is -2.70. The standard InChI is InChI=1S/C19H22N6O/c20-17-23-15(11-4-5-11)24-18(25-17)21-12-6-7-14-13(10-12)19(16(26)22-14)8-2-1-3-9-19/h6-7,10-11H,1-5,8-9H2,(H,22,26)(H3,20,21,23,24,25). The van der Waals surface area contributed by atoms with E-state index >= 15 is 0 Å². The summed E-state index contributed by atoms with van der Waals surface area (Å²) in [5, 5.41) is 6.32. The van der Waals surface area contributed by atoms with Gasteiger partial charge in [-0.05, 0) is 49.4 Å². The van der Waals surface area contributed by atoms with Crippen LogP contribution in [0.2, 0.25) is 0 Å². The van der Waals surface area contributed by atoms with Crippen molar-refractivity contribution in [3.63, 3.8) is 0 Å². The van der Waals surface area contributed by atoms with Crippen LogP contribution in [0.1, 0.15) is 62.3 Å². The Morgan fingerprint density at radius 2 is 1.92 bits per heavy atom. The molecule has 0 atom stereocenters. The van der Waals surface area contributed by atoms with Gasteiger partial charge in [-0.25, -0.2) is 0 Å². The van der Waals surface area contributed by atoms with Crippen molar-refractivity contribution in [2.24, 2.45) is 0 Å². The number of carbonyl (C=O) groups excluding carboxylic acids is 1. The molecule has 1 aromatic carbocycles. The third-order valence-corrected chi connectivity index (χ3v) is 5.79. The summed E-state index contributed by atoms with van der Waals surface area (Å²) in [6.45, 7) is 0. The number of benzene rings is 1. The van der Waals surface area contributed by atoms with E-state index in [9.17, 15) is 4.79 Å². The molecule has 134 valence electrons. The zero-order valence-corrected chi connectivity index (χ0v) is 14.6. The van der Waals surface area contributed by atoms with Crippen LogP contribution in [0.15, 0.2) is 18.2 Å². The van der Waals surface area contributed by atoms with Gasteiger partial charge in [0.2, 0.25) is 17.8 Å². The molecular formula is C19H22N6O. The highest BCUT2D eigenvalue weighted by molar-refractivity contribution is 6.06. The largest absolute Gasteiger partial charge is 0.368 e. The normalized spacial score (nSPS) is 20.7. The molecule has 2 fully saturated rings. The van der Waals surface area contributed by atoms with Gasteiger partial charge >= 0.3 is 0 Å². The Kier molecular flexibility index (Phi) is 3.38. The molecule has 26 heavy (non-hydrogen) atoms. The SMILES string of the molecule is Nc1nc(Nc2ccc3c(c2)C2(CCCCC2)C(=O)N3)nc(C2CC2)n1. The molecule has 2 aromatic rings. The Morgan fingerprint density at radius 1 is 1.12 bits per heavy atom. The van der Waals surface area contributed by atoms with E-state index in [1.807, 2.05) is 12.1 Å². The first-order chi connectivity index (χ1) is 12.6. The maximum absolute atomic E-state index is 12.7. The quantitative estimate of drug-likeness (QED) is 0.785. The van der Waals surface area contributed by atoms with Crippen molar-refractivity contribution in [2.75, 3.05) is 16.4 Å². The van der Waals surface area contributed by atoms with Gasteiger partial charge in [0.1, 0.15) is 5.82 Å². The number of nitrogens with two attached hydrogens (primary N) is 1. The van der Waals surface area contributed by atoms with Crippen LogP contribution in [0.25, 0.3) is 0 Å². The van der Waals surface area contributed by atoms with Gasteiger partial charge in [-0.2, -0.15) is 15.0 Å². The van der Waals surface area contributed by atoms with Gasteiger partial charge in [0.25, 0.3) is 0 Å². The number of hydrogen-bond acceptors (Lipinski definition) is 6. The number of fused-ring (bicyclic) bond motifs is 2. The Labute approximate surface area is 151 Å². The minimum Gasteiger partial charge on any atom is -0.368 e. The number of nitrogen functional groups attached to an aromatic ring is 1. The Bertz CT molecular complexity index is 886. The monoisotopic (exact) mass is 350 g/mol. The first kappa shape index (κ1) is 15.5. The van der Waals surface area contributed by atoms with Crippen LogP contribution in [0.5, 0.6) is 0 Å². The third-order valence-electron chi connectivity index (χ3n) is 5.79. The van der Waals surface area contributed by atoms with E-state index in [0.717, 1.165) is 61.3 Å². The van der Waals surface area contributed by atoms with Gasteiger partial charge < -0.3 is 16.4 Å². The lowest BCUT2D eigenvalue weighted by Crippen LogP contribution is -2.36. The fourth-order valence-electron chi connectivity index (χ4n) is 4.26. The van der Waals surface area contributed by atoms with E-state index < -0.39 is 0 Å². The number of carbonyl (C=O) groups is 1. The molecule has 0 saturated heterocycles. The van der Waals surface area contributed by atoms with Crippen LogP contribution < -0.4 is 16.4 Å². The van der Waals surface area contributed by atoms with Crippen molar-refractivity contribution in [1.82, 2.24) is 15.0 Å². The van der Waals surface area contributed by atoms with E-state index in [0.29, 0.717) is 11.9 Å². The van der Waals surface area contributed by atoms with Gasteiger partial charge in [0.15, 0.2) is 0 Å². The predicted octanol–water partition coefficient (Wildman–Crippen LogP) is 3.23. The van der Waals surface area contributed by atoms with Gasteiger partial charge in [-0.1, -0.05) is 19.3 Å². The van der Waals surface area contributed by atoms with Crippen LogP contribution in [-0.2, 0) is 10.2 Å². The van der Waals surface area contributed by atoms with E-state index in [1.54, 1.807) is 0 Å². The van der Waals surface area contributed by atoms with Crippen molar-refractivity contribution in [1.29, 1.82) is 0 Å². The molecule has 0 radical (unpaired) electrons. The van der Waals surface area contributed by atoms with Crippen molar-refractivity contribution in [2.45, 2.75) is 56.3 Å². The second-order valence-corrected chi connectivity index (χ2v) is 7.63. The molecule has 7 heteroatoms. The van der Waals surface area contributed by atoms with E-state index in [2.05, 4.69) is 31.7 Å². The first-order valence-corrected chi connectivity index (χ1v) is 9.38. The highest BCUT2D eigenvalue weighted by Gasteiger charge is 2.47. The van der Waals surface area contributed by atoms with Crippen LogP contribution in [-0.4, -0.2) is 20.9 Å². The smallest absolute Gasteiger partial charge is 0.235 e. The van der Waals surface area contributed by atoms with Crippen LogP contribution >= 0.6 is 0 Å². The lowest BCUT2D eigenvalue weighted by atomic mass is 9.70. The molecule has 1 aliphatic heterocycles. The number of aromatic nitrogens is 3. The molecule has 0 bridgehead atoms. The molecular weight excluding hydrogens is 328 g/mol. The zero-order valence-electron chi connectivity index (χ0n) is 14.6. The molecule has 1 amide bonds. The molecule has 2 heterocycles. The summed E-state index contributed by atoms with van der Waals surface area (Å²) in [5.74, 6) is 2.03. The second kappa shape index (κ2) is 5.65. The summed E-state index contributed by atoms with van der Waals surface area (Å²) >= 11 is 0. The average Bonchev–Trinajstić information content (AvgIpc) is 3.45. The second-order valence-electron chi connectivity index (χ2n) is 7.63. The minimum atomic E-state index is -0.372. The van der Waals surface area contributed by atoms with Crippen molar-refractivity contribution >= 4 is 29.2 Å². The molecule has 0 unspecified atom stereocenters. The number of nitrogens with zero attached hydrogens (tertiary/aromatic N) is 3. The Balaban J connectivity index is 1.48. The maximum Gasteiger partial charge on any atom is 0.235 e. The van der Waals surface area contributed by atoms with E-state index in [-0.39, 0.29) is 17.3 Å². The van der Waals surface area contributed by atoms with Crippen LogP contribution in [0.3, 0.4) is 0 Å². The topological polar surface area (TPSA) is 106 Å². The number of hydrogen-bond donors (Lipinski definition) is 3. The summed E-state index contributed by atoms with van der Waals surface area (Å²) < 4.78 is 0. The van der Waals surface area contributed by atoms with Crippen LogP contribution in [0.4, 0.5) is 23.3 Å². The van der Waals surface area contributed by atoms with Crippen LogP contribution in [0, 0.1) is 0 Å². The molecule has 2 saturated carbocycles. The molecule has 2 aliphatic carbocycles. The molecule has 1 aromatic heterocycles. The zero-order chi connectivity index (χ0) is 17.7. The lowest BCUT2D eigenvalue weighted by molar-refractivity contribution is -0.121.